The summed E-state index contributed by atoms with van der Waals surface area (Å²) in [7, 11) is -2.32. The molecule has 11 heteroatoms. The third kappa shape index (κ3) is 4.90. The number of methoxy groups -OCH3 is 1. The van der Waals surface area contributed by atoms with Gasteiger partial charge in [0.25, 0.3) is 0 Å². The molecule has 0 spiro atoms. The van der Waals surface area contributed by atoms with Crippen LogP contribution in [0.15, 0.2) is 12.2 Å². The van der Waals surface area contributed by atoms with E-state index in [-0.39, 0.29) is 36.2 Å². The van der Waals surface area contributed by atoms with Crippen LogP contribution < -0.4 is 0 Å². The van der Waals surface area contributed by atoms with Gasteiger partial charge in [-0.3, -0.25) is 19.3 Å². The van der Waals surface area contributed by atoms with Crippen LogP contribution in [0, 0.1) is 11.8 Å². The number of carbonyl (C=O) groups excluding carboxylic acids is 3. The van der Waals surface area contributed by atoms with Gasteiger partial charge in [-0.1, -0.05) is 19.9 Å². The number of ether oxygens (including phenoxy) is 1. The topological polar surface area (TPSA) is 104 Å². The summed E-state index contributed by atoms with van der Waals surface area (Å²) in [5.41, 5.74) is 0. The summed E-state index contributed by atoms with van der Waals surface area (Å²) >= 11 is 0. The predicted molar refractivity (Wildman–Crippen MR) is 117 cm³/mol. The second-order valence-electron chi connectivity index (χ2n) is 8.62. The quantitative estimate of drug-likeness (QED) is 0.408. The number of hydrogen-bond acceptors (Lipinski definition) is 7. The van der Waals surface area contributed by atoms with Crippen LogP contribution >= 0.6 is 12.4 Å². The lowest BCUT2D eigenvalue weighted by Crippen LogP contribution is -2.43. The molecular formula is C20H32ClN3O6S. The summed E-state index contributed by atoms with van der Waals surface area (Å²) in [5, 5.41) is 0. The molecule has 4 atom stereocenters. The van der Waals surface area contributed by atoms with Gasteiger partial charge in [-0.25, -0.2) is 12.7 Å². The van der Waals surface area contributed by atoms with Crippen molar-refractivity contribution < 1.29 is 27.5 Å². The van der Waals surface area contributed by atoms with Crippen molar-refractivity contribution in [1.29, 1.82) is 0 Å². The van der Waals surface area contributed by atoms with Gasteiger partial charge in [0.2, 0.25) is 21.8 Å². The number of hydrogen-bond donors (Lipinski definition) is 0. The predicted octanol–water partition coefficient (Wildman–Crippen LogP) is 0.645. The summed E-state index contributed by atoms with van der Waals surface area (Å²) in [4.78, 5) is 41.2. The van der Waals surface area contributed by atoms with E-state index in [1.165, 1.54) is 13.2 Å². The van der Waals surface area contributed by atoms with E-state index in [0.29, 0.717) is 19.5 Å². The Bertz CT molecular complexity index is 846. The Morgan fingerprint density at radius 3 is 2.48 bits per heavy atom. The molecule has 3 aliphatic heterocycles. The van der Waals surface area contributed by atoms with Gasteiger partial charge in [0.1, 0.15) is 6.04 Å². The van der Waals surface area contributed by atoms with E-state index in [1.54, 1.807) is 11.0 Å². The third-order valence-corrected chi connectivity index (χ3v) is 7.55. The zero-order valence-corrected chi connectivity index (χ0v) is 20.0. The third-order valence-electron chi connectivity index (χ3n) is 6.39. The van der Waals surface area contributed by atoms with E-state index >= 15 is 0 Å². The first kappa shape index (κ1) is 25.6. The molecule has 9 nitrogen and oxygen atoms in total. The van der Waals surface area contributed by atoms with Gasteiger partial charge in [0, 0.05) is 19.2 Å². The molecule has 3 aliphatic rings. The highest BCUT2D eigenvalue weighted by molar-refractivity contribution is 7.88. The fourth-order valence-electron chi connectivity index (χ4n) is 5.12. The first-order valence-corrected chi connectivity index (χ1v) is 12.2. The summed E-state index contributed by atoms with van der Waals surface area (Å²) in [5.74, 6) is -1.53. The molecule has 31 heavy (non-hydrogen) atoms. The minimum absolute atomic E-state index is 0. The average Bonchev–Trinajstić information content (AvgIpc) is 3.33. The smallest absolute Gasteiger partial charge is 0.323 e. The van der Waals surface area contributed by atoms with Crippen molar-refractivity contribution in [2.24, 2.45) is 11.8 Å². The molecule has 3 heterocycles. The molecule has 0 bridgehead atoms. The fraction of sp³-hybridized carbons (Fsp3) is 0.750. The molecule has 3 fully saturated rings. The normalized spacial score (nSPS) is 29.0. The van der Waals surface area contributed by atoms with Gasteiger partial charge in [-0.05, 0) is 31.7 Å². The first-order valence-electron chi connectivity index (χ1n) is 10.4. The molecule has 0 saturated carbocycles. The van der Waals surface area contributed by atoms with Crippen molar-refractivity contribution in [3.05, 3.63) is 12.2 Å². The summed E-state index contributed by atoms with van der Waals surface area (Å²) in [6.07, 6.45) is 6.33. The number of fused-ring (bicyclic) bond motifs is 1. The number of amides is 2. The molecule has 0 aromatic rings. The molecule has 0 aromatic carbocycles. The van der Waals surface area contributed by atoms with Crippen LogP contribution in [-0.2, 0) is 29.1 Å². The van der Waals surface area contributed by atoms with Crippen LogP contribution in [0.25, 0.3) is 0 Å². The van der Waals surface area contributed by atoms with Crippen LogP contribution in [0.2, 0.25) is 0 Å². The van der Waals surface area contributed by atoms with E-state index in [0.717, 1.165) is 29.9 Å². The zero-order valence-electron chi connectivity index (χ0n) is 18.4. The van der Waals surface area contributed by atoms with Gasteiger partial charge in [-0.15, -0.1) is 12.4 Å². The lowest BCUT2D eigenvalue weighted by molar-refractivity contribution is -0.145. The van der Waals surface area contributed by atoms with Crippen LogP contribution in [0.5, 0.6) is 0 Å². The van der Waals surface area contributed by atoms with E-state index in [1.807, 2.05) is 18.7 Å². The Labute approximate surface area is 190 Å². The van der Waals surface area contributed by atoms with E-state index in [2.05, 4.69) is 0 Å². The highest BCUT2D eigenvalue weighted by atomic mass is 35.5. The van der Waals surface area contributed by atoms with Gasteiger partial charge < -0.3 is 9.64 Å². The average molecular weight is 478 g/mol. The maximum Gasteiger partial charge on any atom is 0.323 e. The minimum atomic E-state index is -3.69. The number of likely N-dealkylation sites (tertiary alicyclic amines) is 2. The van der Waals surface area contributed by atoms with Gasteiger partial charge in [-0.2, -0.15) is 0 Å². The van der Waals surface area contributed by atoms with Crippen LogP contribution in [0.1, 0.15) is 33.1 Å². The monoisotopic (exact) mass is 477 g/mol. The van der Waals surface area contributed by atoms with Gasteiger partial charge in [0.05, 0.1) is 31.4 Å². The number of halogens is 1. The molecular weight excluding hydrogens is 446 g/mol. The Morgan fingerprint density at radius 2 is 1.90 bits per heavy atom. The van der Waals surface area contributed by atoms with Crippen molar-refractivity contribution >= 4 is 40.2 Å². The lowest BCUT2D eigenvalue weighted by atomic mass is 9.88. The van der Waals surface area contributed by atoms with Gasteiger partial charge >= 0.3 is 5.97 Å². The van der Waals surface area contributed by atoms with Crippen molar-refractivity contribution in [3.63, 3.8) is 0 Å². The zero-order chi connectivity index (χ0) is 22.2. The lowest BCUT2D eigenvalue weighted by Gasteiger charge is -2.28. The largest absolute Gasteiger partial charge is 0.468 e. The molecule has 3 rings (SSSR count). The Morgan fingerprint density at radius 1 is 1.23 bits per heavy atom. The number of carbonyl (C=O) groups is 3. The SMILES string of the molecule is COC(=O)[C@@H]1CCCN1C/C=C/C(=O)N1CC[C@H]2[C@H]1[C@@H](C(C)C)C(=O)N2S(C)(=O)=O.Cl. The maximum atomic E-state index is 12.9. The first-order chi connectivity index (χ1) is 14.1. The summed E-state index contributed by atoms with van der Waals surface area (Å²) in [6.45, 7) is 5.38. The van der Waals surface area contributed by atoms with Crippen molar-refractivity contribution in [2.45, 2.75) is 51.2 Å². The van der Waals surface area contributed by atoms with Gasteiger partial charge in [0.15, 0.2) is 0 Å². The highest BCUT2D eigenvalue weighted by Crippen LogP contribution is 2.41. The molecule has 0 N–H and O–H groups in total. The molecule has 0 radical (unpaired) electrons. The second-order valence-corrected chi connectivity index (χ2v) is 10.5. The van der Waals surface area contributed by atoms with E-state index in [9.17, 15) is 22.8 Å². The molecule has 176 valence electrons. The molecule has 0 aliphatic carbocycles. The van der Waals surface area contributed by atoms with Crippen molar-refractivity contribution in [3.8, 4) is 0 Å². The molecule has 0 unspecified atom stereocenters. The van der Waals surface area contributed by atoms with Crippen LogP contribution in [0.4, 0.5) is 0 Å². The standard InChI is InChI=1S/C20H31N3O6S.ClH/c1-13(2)17-18-14(23(19(17)25)30(4,27)28)9-12-22(18)16(24)8-6-11-21-10-5-7-15(21)20(26)29-3;/h6,8,13-15,17-18H,5,7,9-12H2,1-4H3;1H/b8-6+;/t14-,15-,17+,18-;/m0./s1. The number of esters is 1. The van der Waals surface area contributed by atoms with Crippen LogP contribution in [0.3, 0.4) is 0 Å². The second kappa shape index (κ2) is 9.87. The van der Waals surface area contributed by atoms with Crippen molar-refractivity contribution in [2.75, 3.05) is 33.0 Å². The van der Waals surface area contributed by atoms with E-state index < -0.39 is 33.9 Å². The maximum absolute atomic E-state index is 12.9. The Hall–Kier alpha value is -1.65. The minimum Gasteiger partial charge on any atom is -0.468 e. The number of sulfonamides is 1. The Kier molecular flexibility index (Phi) is 8.15. The van der Waals surface area contributed by atoms with E-state index in [4.69, 9.17) is 4.74 Å². The Balaban J connectivity index is 0.00000341. The highest BCUT2D eigenvalue weighted by Gasteiger charge is 2.58. The van der Waals surface area contributed by atoms with Crippen molar-refractivity contribution in [1.82, 2.24) is 14.1 Å². The number of rotatable bonds is 6. The molecule has 0 aromatic heterocycles. The summed E-state index contributed by atoms with van der Waals surface area (Å²) in [6, 6.07) is -1.23. The fourth-order valence-corrected chi connectivity index (χ4v) is 6.29. The van der Waals surface area contributed by atoms with Crippen LogP contribution in [-0.4, -0.2) is 91.4 Å². The number of nitrogens with zero attached hydrogens (tertiary/aromatic N) is 3. The summed E-state index contributed by atoms with van der Waals surface area (Å²) < 4.78 is 30.2. The molecule has 3 saturated heterocycles. The molecule has 2 amide bonds.